The predicted molar refractivity (Wildman–Crippen MR) is 68.3 cm³/mol. The Kier molecular flexibility index (Phi) is 3.29. The van der Waals surface area contributed by atoms with Crippen LogP contribution in [0.15, 0.2) is 12.1 Å². The van der Waals surface area contributed by atoms with Gasteiger partial charge in [-0.05, 0) is 31.4 Å². The van der Waals surface area contributed by atoms with E-state index < -0.39 is 0 Å². The highest BCUT2D eigenvalue weighted by molar-refractivity contribution is 5.48. The van der Waals surface area contributed by atoms with Gasteiger partial charge in [-0.15, -0.1) is 0 Å². The van der Waals surface area contributed by atoms with E-state index in [9.17, 15) is 5.11 Å². The largest absolute Gasteiger partial charge is 0.507 e. The zero-order valence-corrected chi connectivity index (χ0v) is 10.6. The molecule has 3 heteroatoms. The van der Waals surface area contributed by atoms with Crippen LogP contribution in [0.25, 0.3) is 0 Å². The lowest BCUT2D eigenvalue weighted by molar-refractivity contribution is 0.291. The first-order valence-corrected chi connectivity index (χ1v) is 6.24. The van der Waals surface area contributed by atoms with Crippen LogP contribution in [0.1, 0.15) is 43.2 Å². The molecule has 0 heterocycles. The Hall–Kier alpha value is -1.22. The van der Waals surface area contributed by atoms with E-state index in [2.05, 4.69) is 0 Å². The normalized spacial score (nSPS) is 19.0. The van der Waals surface area contributed by atoms with Gasteiger partial charge in [-0.25, -0.2) is 0 Å². The van der Waals surface area contributed by atoms with Crippen molar-refractivity contribution in [3.05, 3.63) is 23.3 Å². The van der Waals surface area contributed by atoms with Gasteiger partial charge in [0, 0.05) is 17.2 Å². The molecule has 1 aliphatic rings. The molecule has 0 spiro atoms. The molecule has 1 fully saturated rings. The highest BCUT2D eigenvalue weighted by Crippen LogP contribution is 2.41. The lowest BCUT2D eigenvalue weighted by Crippen LogP contribution is -2.38. The van der Waals surface area contributed by atoms with Crippen LogP contribution < -0.4 is 10.5 Å². The number of phenols is 1. The molecule has 3 N–H and O–H groups in total. The molecule has 94 valence electrons. The molecule has 17 heavy (non-hydrogen) atoms. The first kappa shape index (κ1) is 12.2. The zero-order chi connectivity index (χ0) is 12.5. The summed E-state index contributed by atoms with van der Waals surface area (Å²) in [7, 11) is 1.61. The fourth-order valence-electron chi connectivity index (χ4n) is 2.75. The molecule has 1 aliphatic carbocycles. The number of hydrogen-bond donors (Lipinski definition) is 2. The molecule has 0 saturated heterocycles. The molecule has 0 unspecified atom stereocenters. The molecular formula is C14H21NO2. The van der Waals surface area contributed by atoms with E-state index in [1.54, 1.807) is 13.2 Å². The summed E-state index contributed by atoms with van der Waals surface area (Å²) in [6.45, 7) is 1.98. The standard InChI is InChI=1S/C14H21NO2/c1-10-8-11(12(16)9-13(10)17-2)14(15)6-4-3-5-7-14/h8-9,16H,3-7,15H2,1-2H3. The SMILES string of the molecule is COc1cc(O)c(C2(N)CCCCC2)cc1C. The number of methoxy groups -OCH3 is 1. The Balaban J connectivity index is 2.41. The number of aromatic hydroxyl groups is 1. The highest BCUT2D eigenvalue weighted by Gasteiger charge is 2.32. The van der Waals surface area contributed by atoms with E-state index in [0.29, 0.717) is 5.75 Å². The van der Waals surface area contributed by atoms with Crippen molar-refractivity contribution in [2.45, 2.75) is 44.6 Å². The van der Waals surface area contributed by atoms with Gasteiger partial charge in [0.2, 0.25) is 0 Å². The van der Waals surface area contributed by atoms with Crippen molar-refractivity contribution in [3.8, 4) is 11.5 Å². The minimum Gasteiger partial charge on any atom is -0.507 e. The van der Waals surface area contributed by atoms with E-state index in [4.69, 9.17) is 10.5 Å². The number of benzene rings is 1. The van der Waals surface area contributed by atoms with Gasteiger partial charge in [0.25, 0.3) is 0 Å². The van der Waals surface area contributed by atoms with Crippen molar-refractivity contribution in [3.63, 3.8) is 0 Å². The Morgan fingerprint density at radius 2 is 1.88 bits per heavy atom. The molecule has 1 aromatic carbocycles. The summed E-state index contributed by atoms with van der Waals surface area (Å²) in [4.78, 5) is 0. The van der Waals surface area contributed by atoms with Crippen molar-refractivity contribution < 1.29 is 9.84 Å². The van der Waals surface area contributed by atoms with Crippen molar-refractivity contribution in [1.29, 1.82) is 0 Å². The minimum atomic E-state index is -0.362. The maximum absolute atomic E-state index is 10.1. The maximum atomic E-state index is 10.1. The van der Waals surface area contributed by atoms with E-state index >= 15 is 0 Å². The lowest BCUT2D eigenvalue weighted by atomic mass is 9.76. The second kappa shape index (κ2) is 4.57. The van der Waals surface area contributed by atoms with Crippen molar-refractivity contribution in [2.75, 3.05) is 7.11 Å². The molecule has 1 saturated carbocycles. The Morgan fingerprint density at radius 3 is 2.47 bits per heavy atom. The van der Waals surface area contributed by atoms with Crippen molar-refractivity contribution >= 4 is 0 Å². The van der Waals surface area contributed by atoms with Crippen LogP contribution in [0, 0.1) is 6.92 Å². The third kappa shape index (κ3) is 2.25. The first-order valence-electron chi connectivity index (χ1n) is 6.24. The monoisotopic (exact) mass is 235 g/mol. The van der Waals surface area contributed by atoms with Gasteiger partial charge < -0.3 is 15.6 Å². The lowest BCUT2D eigenvalue weighted by Gasteiger charge is -2.34. The fraction of sp³-hybridized carbons (Fsp3) is 0.571. The predicted octanol–water partition coefficient (Wildman–Crippen LogP) is 2.83. The van der Waals surface area contributed by atoms with Crippen LogP contribution in [-0.2, 0) is 5.54 Å². The Labute approximate surface area is 103 Å². The topological polar surface area (TPSA) is 55.5 Å². The van der Waals surface area contributed by atoms with Gasteiger partial charge >= 0.3 is 0 Å². The smallest absolute Gasteiger partial charge is 0.125 e. The van der Waals surface area contributed by atoms with E-state index in [-0.39, 0.29) is 11.3 Å². The molecule has 0 aliphatic heterocycles. The number of phenolic OH excluding ortho intramolecular Hbond substituents is 1. The second-order valence-electron chi connectivity index (χ2n) is 5.06. The number of nitrogens with two attached hydrogens (primary N) is 1. The molecule has 0 aromatic heterocycles. The molecule has 0 radical (unpaired) electrons. The summed E-state index contributed by atoms with van der Waals surface area (Å²) in [5, 5.41) is 10.1. The van der Waals surface area contributed by atoms with Gasteiger partial charge in [-0.2, -0.15) is 0 Å². The average Bonchev–Trinajstić information content (AvgIpc) is 2.32. The number of rotatable bonds is 2. The zero-order valence-electron chi connectivity index (χ0n) is 10.6. The molecule has 0 amide bonds. The fourth-order valence-corrected chi connectivity index (χ4v) is 2.75. The van der Waals surface area contributed by atoms with E-state index in [1.807, 2.05) is 13.0 Å². The minimum absolute atomic E-state index is 0.261. The summed E-state index contributed by atoms with van der Waals surface area (Å²) in [5.41, 5.74) is 7.97. The Bertz CT molecular complexity index is 409. The van der Waals surface area contributed by atoms with Gasteiger partial charge in [-0.3, -0.25) is 0 Å². The first-order chi connectivity index (χ1) is 8.07. The highest BCUT2D eigenvalue weighted by atomic mass is 16.5. The molecule has 0 atom stereocenters. The van der Waals surface area contributed by atoms with Crippen LogP contribution in [0.5, 0.6) is 11.5 Å². The number of aryl methyl sites for hydroxylation is 1. The van der Waals surface area contributed by atoms with Crippen LogP contribution in [-0.4, -0.2) is 12.2 Å². The third-order valence-electron chi connectivity index (χ3n) is 3.80. The average molecular weight is 235 g/mol. The Morgan fingerprint density at radius 1 is 1.24 bits per heavy atom. The van der Waals surface area contributed by atoms with Crippen molar-refractivity contribution in [1.82, 2.24) is 0 Å². The van der Waals surface area contributed by atoms with Gasteiger partial charge in [0.1, 0.15) is 11.5 Å². The molecular weight excluding hydrogens is 214 g/mol. The van der Waals surface area contributed by atoms with Crippen LogP contribution in [0.2, 0.25) is 0 Å². The summed E-state index contributed by atoms with van der Waals surface area (Å²) < 4.78 is 5.20. The van der Waals surface area contributed by atoms with Crippen molar-refractivity contribution in [2.24, 2.45) is 5.73 Å². The summed E-state index contributed by atoms with van der Waals surface area (Å²) >= 11 is 0. The molecule has 3 nitrogen and oxygen atoms in total. The quantitative estimate of drug-likeness (QED) is 0.828. The van der Waals surface area contributed by atoms with Crippen LogP contribution in [0.4, 0.5) is 0 Å². The number of hydrogen-bond acceptors (Lipinski definition) is 3. The number of ether oxygens (including phenoxy) is 1. The summed E-state index contributed by atoms with van der Waals surface area (Å²) in [6, 6.07) is 3.65. The summed E-state index contributed by atoms with van der Waals surface area (Å²) in [5.74, 6) is 0.975. The molecule has 0 bridgehead atoms. The van der Waals surface area contributed by atoms with Gasteiger partial charge in [-0.1, -0.05) is 19.3 Å². The van der Waals surface area contributed by atoms with Crippen LogP contribution in [0.3, 0.4) is 0 Å². The third-order valence-corrected chi connectivity index (χ3v) is 3.80. The second-order valence-corrected chi connectivity index (χ2v) is 5.06. The maximum Gasteiger partial charge on any atom is 0.125 e. The van der Waals surface area contributed by atoms with Gasteiger partial charge in [0.05, 0.1) is 7.11 Å². The molecule has 1 aromatic rings. The molecule has 2 rings (SSSR count). The summed E-state index contributed by atoms with van der Waals surface area (Å²) in [6.07, 6.45) is 5.43. The van der Waals surface area contributed by atoms with Gasteiger partial charge in [0.15, 0.2) is 0 Å². The van der Waals surface area contributed by atoms with Crippen LogP contribution >= 0.6 is 0 Å². The van der Waals surface area contributed by atoms with E-state index in [0.717, 1.165) is 36.8 Å². The van der Waals surface area contributed by atoms with E-state index in [1.165, 1.54) is 6.42 Å².